The van der Waals surface area contributed by atoms with Crippen molar-refractivity contribution in [3.8, 4) is 0 Å². The third kappa shape index (κ3) is 3.77. The summed E-state index contributed by atoms with van der Waals surface area (Å²) in [5.41, 5.74) is 2.11. The standard InChI is InChI=1S/C14H16ClFN2O2S/c1-3-18-9-13(21(15,19)20)7-12(18)8-17-11-4-5-14(16)10(2)6-11/h4-7,9,17H,3,8H2,1-2H3. The van der Waals surface area contributed by atoms with Gasteiger partial charge in [0.1, 0.15) is 10.7 Å². The molecule has 0 aliphatic carbocycles. The van der Waals surface area contributed by atoms with Crippen LogP contribution < -0.4 is 5.32 Å². The predicted octanol–water partition coefficient (Wildman–Crippen LogP) is 3.50. The van der Waals surface area contributed by atoms with Gasteiger partial charge in [0.05, 0.1) is 6.54 Å². The Balaban J connectivity index is 2.19. The zero-order valence-corrected chi connectivity index (χ0v) is 13.3. The monoisotopic (exact) mass is 330 g/mol. The van der Waals surface area contributed by atoms with E-state index in [0.717, 1.165) is 11.4 Å². The lowest BCUT2D eigenvalue weighted by Gasteiger charge is -2.10. The number of halogens is 2. The minimum atomic E-state index is -3.74. The third-order valence-electron chi connectivity index (χ3n) is 3.21. The number of anilines is 1. The van der Waals surface area contributed by atoms with Gasteiger partial charge in [-0.1, -0.05) is 0 Å². The molecule has 0 aliphatic heterocycles. The van der Waals surface area contributed by atoms with Crippen LogP contribution in [-0.2, 0) is 22.1 Å². The summed E-state index contributed by atoms with van der Waals surface area (Å²) in [5, 5.41) is 3.14. The van der Waals surface area contributed by atoms with E-state index in [4.69, 9.17) is 10.7 Å². The van der Waals surface area contributed by atoms with E-state index in [1.54, 1.807) is 23.6 Å². The van der Waals surface area contributed by atoms with E-state index < -0.39 is 9.05 Å². The molecular weight excluding hydrogens is 315 g/mol. The van der Waals surface area contributed by atoms with Gasteiger partial charge in [0.15, 0.2) is 0 Å². The Morgan fingerprint density at radius 2 is 2.05 bits per heavy atom. The van der Waals surface area contributed by atoms with Crippen molar-refractivity contribution in [2.45, 2.75) is 31.8 Å². The van der Waals surface area contributed by atoms with Gasteiger partial charge in [0.25, 0.3) is 9.05 Å². The van der Waals surface area contributed by atoms with E-state index in [1.807, 2.05) is 6.92 Å². The first-order valence-corrected chi connectivity index (χ1v) is 8.76. The molecule has 0 spiro atoms. The molecule has 1 aromatic carbocycles. The van der Waals surface area contributed by atoms with Gasteiger partial charge in [0, 0.05) is 34.8 Å². The number of nitrogens with one attached hydrogen (secondary N) is 1. The molecule has 0 bridgehead atoms. The Kier molecular flexibility index (Phi) is 4.58. The molecular formula is C14H16ClFN2O2S. The summed E-state index contributed by atoms with van der Waals surface area (Å²) in [5.74, 6) is -0.256. The quantitative estimate of drug-likeness (QED) is 0.854. The van der Waals surface area contributed by atoms with Crippen LogP contribution in [0, 0.1) is 12.7 Å². The fraction of sp³-hybridized carbons (Fsp3) is 0.286. The molecule has 1 aromatic heterocycles. The van der Waals surface area contributed by atoms with Gasteiger partial charge in [-0.25, -0.2) is 12.8 Å². The van der Waals surface area contributed by atoms with Gasteiger partial charge in [-0.15, -0.1) is 0 Å². The topological polar surface area (TPSA) is 51.1 Å². The second kappa shape index (κ2) is 6.07. The Bertz CT molecular complexity index is 756. The lowest BCUT2D eigenvalue weighted by molar-refractivity contribution is 0.609. The summed E-state index contributed by atoms with van der Waals surface area (Å²) in [6.45, 7) is 4.65. The number of hydrogen-bond donors (Lipinski definition) is 1. The molecule has 2 rings (SSSR count). The molecule has 7 heteroatoms. The number of aromatic nitrogens is 1. The normalized spacial score (nSPS) is 11.6. The van der Waals surface area contributed by atoms with Crippen molar-refractivity contribution in [3.63, 3.8) is 0 Å². The van der Waals surface area contributed by atoms with Gasteiger partial charge >= 0.3 is 0 Å². The highest BCUT2D eigenvalue weighted by atomic mass is 35.7. The molecule has 0 amide bonds. The van der Waals surface area contributed by atoms with Crippen LogP contribution in [0.3, 0.4) is 0 Å². The Labute approximate surface area is 128 Å². The molecule has 1 heterocycles. The molecule has 21 heavy (non-hydrogen) atoms. The second-order valence-corrected chi connectivity index (χ2v) is 7.27. The van der Waals surface area contributed by atoms with Crippen molar-refractivity contribution in [1.29, 1.82) is 0 Å². The van der Waals surface area contributed by atoms with E-state index in [1.165, 1.54) is 18.3 Å². The molecule has 0 radical (unpaired) electrons. The molecule has 1 N–H and O–H groups in total. The van der Waals surface area contributed by atoms with Gasteiger partial charge in [-0.05, 0) is 43.7 Å². The summed E-state index contributed by atoms with van der Waals surface area (Å²) in [6, 6.07) is 6.27. The molecule has 0 saturated heterocycles. The van der Waals surface area contributed by atoms with E-state index in [-0.39, 0.29) is 10.7 Å². The second-order valence-electron chi connectivity index (χ2n) is 4.71. The summed E-state index contributed by atoms with van der Waals surface area (Å²) in [4.78, 5) is 0.0816. The average Bonchev–Trinajstić information content (AvgIpc) is 2.83. The highest BCUT2D eigenvalue weighted by Gasteiger charge is 2.15. The Morgan fingerprint density at radius 1 is 1.33 bits per heavy atom. The van der Waals surface area contributed by atoms with Crippen LogP contribution in [0.15, 0.2) is 35.4 Å². The molecule has 2 aromatic rings. The highest BCUT2D eigenvalue weighted by molar-refractivity contribution is 8.13. The minimum absolute atomic E-state index is 0.0816. The van der Waals surface area contributed by atoms with Crippen molar-refractivity contribution in [2.75, 3.05) is 5.32 Å². The zero-order valence-electron chi connectivity index (χ0n) is 11.7. The first kappa shape index (κ1) is 15.9. The van der Waals surface area contributed by atoms with Crippen LogP contribution >= 0.6 is 10.7 Å². The Hall–Kier alpha value is -1.53. The van der Waals surface area contributed by atoms with Crippen molar-refractivity contribution in [1.82, 2.24) is 4.57 Å². The summed E-state index contributed by atoms with van der Waals surface area (Å²) >= 11 is 0. The van der Waals surface area contributed by atoms with E-state index in [2.05, 4.69) is 5.32 Å². The maximum atomic E-state index is 13.2. The van der Waals surface area contributed by atoms with E-state index in [9.17, 15) is 12.8 Å². The SMILES string of the molecule is CCn1cc(S(=O)(=O)Cl)cc1CNc1ccc(F)c(C)c1. The first-order chi connectivity index (χ1) is 9.81. The van der Waals surface area contributed by atoms with Crippen LogP contribution in [0.2, 0.25) is 0 Å². The first-order valence-electron chi connectivity index (χ1n) is 6.45. The van der Waals surface area contributed by atoms with Crippen LogP contribution in [-0.4, -0.2) is 13.0 Å². The molecule has 114 valence electrons. The highest BCUT2D eigenvalue weighted by Crippen LogP contribution is 2.20. The van der Waals surface area contributed by atoms with Crippen LogP contribution in [0.1, 0.15) is 18.2 Å². The van der Waals surface area contributed by atoms with Crippen LogP contribution in [0.5, 0.6) is 0 Å². The lowest BCUT2D eigenvalue weighted by atomic mass is 10.2. The summed E-state index contributed by atoms with van der Waals surface area (Å²) in [6.07, 6.45) is 1.51. The van der Waals surface area contributed by atoms with Crippen LogP contribution in [0.25, 0.3) is 0 Å². The number of aryl methyl sites for hydroxylation is 2. The molecule has 0 fully saturated rings. The Morgan fingerprint density at radius 3 is 2.62 bits per heavy atom. The van der Waals surface area contributed by atoms with Crippen LogP contribution in [0.4, 0.5) is 10.1 Å². The molecule has 0 saturated carbocycles. The van der Waals surface area contributed by atoms with Gasteiger partial charge in [0.2, 0.25) is 0 Å². The maximum absolute atomic E-state index is 13.2. The fourth-order valence-electron chi connectivity index (χ4n) is 2.05. The molecule has 0 aliphatic rings. The number of benzene rings is 1. The van der Waals surface area contributed by atoms with Gasteiger partial charge in [-0.2, -0.15) is 0 Å². The number of nitrogens with zero attached hydrogens (tertiary/aromatic N) is 1. The predicted molar refractivity (Wildman–Crippen MR) is 81.6 cm³/mol. The smallest absolute Gasteiger partial charge is 0.262 e. The molecule has 0 unspecified atom stereocenters. The third-order valence-corrected chi connectivity index (χ3v) is 4.54. The average molecular weight is 331 g/mol. The molecule has 4 nitrogen and oxygen atoms in total. The molecule has 0 atom stereocenters. The fourth-order valence-corrected chi connectivity index (χ4v) is 2.83. The lowest BCUT2D eigenvalue weighted by Crippen LogP contribution is -2.06. The van der Waals surface area contributed by atoms with Gasteiger partial charge < -0.3 is 9.88 Å². The van der Waals surface area contributed by atoms with E-state index in [0.29, 0.717) is 18.7 Å². The summed E-state index contributed by atoms with van der Waals surface area (Å²) < 4.78 is 37.7. The van der Waals surface area contributed by atoms with E-state index >= 15 is 0 Å². The van der Waals surface area contributed by atoms with Crippen molar-refractivity contribution in [3.05, 3.63) is 47.5 Å². The van der Waals surface area contributed by atoms with Crippen molar-refractivity contribution >= 4 is 25.4 Å². The summed E-state index contributed by atoms with van der Waals surface area (Å²) in [7, 11) is 1.62. The zero-order chi connectivity index (χ0) is 15.6. The van der Waals surface area contributed by atoms with Crippen molar-refractivity contribution in [2.24, 2.45) is 0 Å². The van der Waals surface area contributed by atoms with Gasteiger partial charge in [-0.3, -0.25) is 0 Å². The maximum Gasteiger partial charge on any atom is 0.262 e. The number of hydrogen-bond acceptors (Lipinski definition) is 3. The van der Waals surface area contributed by atoms with Crippen molar-refractivity contribution < 1.29 is 12.8 Å². The number of rotatable bonds is 5. The largest absolute Gasteiger partial charge is 0.379 e. The minimum Gasteiger partial charge on any atom is -0.379 e.